The van der Waals surface area contributed by atoms with Crippen LogP contribution in [0.1, 0.15) is 102 Å². The summed E-state index contributed by atoms with van der Waals surface area (Å²) in [4.78, 5) is 41.6. The number of halogens is 1. The normalized spacial score (nSPS) is 16.7. The zero-order valence-corrected chi connectivity index (χ0v) is 31.4. The number of benzene rings is 2. The van der Waals surface area contributed by atoms with Crippen molar-refractivity contribution >= 4 is 34.8 Å². The van der Waals surface area contributed by atoms with E-state index in [-0.39, 0.29) is 22.4 Å². The Morgan fingerprint density at radius 1 is 0.865 bits per heavy atom. The molecule has 4 heterocycles. The lowest BCUT2D eigenvalue weighted by molar-refractivity contribution is 0.100. The summed E-state index contributed by atoms with van der Waals surface area (Å²) in [6.07, 6.45) is 9.69. The molecule has 4 aromatic rings. The van der Waals surface area contributed by atoms with Crippen molar-refractivity contribution in [2.24, 2.45) is 20.0 Å². The molecule has 1 saturated carbocycles. The highest BCUT2D eigenvalue weighted by Crippen LogP contribution is 2.38. The van der Waals surface area contributed by atoms with Gasteiger partial charge in [-0.1, -0.05) is 68.0 Å². The van der Waals surface area contributed by atoms with E-state index in [1.165, 1.54) is 38.5 Å². The van der Waals surface area contributed by atoms with E-state index in [1.54, 1.807) is 36.4 Å². The maximum absolute atomic E-state index is 13.7. The number of fused-ring (bicyclic) bond motifs is 2. The van der Waals surface area contributed by atoms with Gasteiger partial charge >= 0.3 is 0 Å². The van der Waals surface area contributed by atoms with E-state index < -0.39 is 0 Å². The van der Waals surface area contributed by atoms with Crippen molar-refractivity contribution in [1.82, 2.24) is 28.9 Å². The van der Waals surface area contributed by atoms with Crippen LogP contribution in [0.3, 0.4) is 0 Å². The number of carbonyl (C=O) groups is 2. The largest absolute Gasteiger partial charge is 0.327 e. The Balaban J connectivity index is 1.07. The molecule has 52 heavy (non-hydrogen) atoms. The summed E-state index contributed by atoms with van der Waals surface area (Å²) in [6.45, 7) is 8.72. The van der Waals surface area contributed by atoms with E-state index in [0.29, 0.717) is 46.7 Å². The van der Waals surface area contributed by atoms with Gasteiger partial charge in [0.05, 0.1) is 33.3 Å². The minimum Gasteiger partial charge on any atom is -0.327 e. The van der Waals surface area contributed by atoms with Gasteiger partial charge in [-0.25, -0.2) is 9.97 Å². The number of amides is 2. The monoisotopic (exact) mass is 721 g/mol. The number of aromatic nitrogens is 4. The molecule has 1 fully saturated rings. The number of hydrogen-bond acceptors (Lipinski definition) is 7. The average Bonchev–Trinajstić information content (AvgIpc) is 3.67. The SMILES string of the molecule is CC(C)N1CCc2c(nc(C(=O)Nc3cccc(-c4cccc(NC(=O)c5nc6c(n5C)CCN(CCC5CCCCC5)C6)c4Cl)c3C#N)n2C)C1. The Kier molecular flexibility index (Phi) is 10.5. The molecular weight excluding hydrogens is 674 g/mol. The fraction of sp³-hybridized carbons (Fsp3) is 0.475. The van der Waals surface area contributed by atoms with Crippen molar-refractivity contribution in [1.29, 1.82) is 5.26 Å². The lowest BCUT2D eigenvalue weighted by Crippen LogP contribution is -2.36. The average molecular weight is 722 g/mol. The summed E-state index contributed by atoms with van der Waals surface area (Å²) in [5.74, 6) is 0.741. The molecule has 0 bridgehead atoms. The zero-order chi connectivity index (χ0) is 36.5. The van der Waals surface area contributed by atoms with Gasteiger partial charge in [0.25, 0.3) is 11.8 Å². The number of anilines is 2. The van der Waals surface area contributed by atoms with E-state index >= 15 is 0 Å². The van der Waals surface area contributed by atoms with E-state index in [2.05, 4.69) is 40.4 Å². The van der Waals surface area contributed by atoms with Crippen molar-refractivity contribution in [2.45, 2.75) is 84.3 Å². The van der Waals surface area contributed by atoms with Crippen LogP contribution >= 0.6 is 11.6 Å². The minimum atomic E-state index is -0.390. The van der Waals surface area contributed by atoms with Gasteiger partial charge in [0, 0.05) is 81.7 Å². The number of nitrogens with zero attached hydrogens (tertiary/aromatic N) is 7. The van der Waals surface area contributed by atoms with E-state index in [0.717, 1.165) is 67.7 Å². The molecule has 0 saturated heterocycles. The molecule has 0 spiro atoms. The fourth-order valence-corrected chi connectivity index (χ4v) is 8.48. The lowest BCUT2D eigenvalue weighted by atomic mass is 9.87. The Hall–Kier alpha value is -4.50. The number of hydrogen-bond donors (Lipinski definition) is 2. The van der Waals surface area contributed by atoms with E-state index in [1.807, 2.05) is 23.2 Å². The molecule has 2 aliphatic heterocycles. The molecule has 1 aliphatic carbocycles. The highest BCUT2D eigenvalue weighted by molar-refractivity contribution is 6.36. The Labute approximate surface area is 311 Å². The molecule has 0 radical (unpaired) electrons. The number of nitrogens with one attached hydrogen (secondary N) is 2. The van der Waals surface area contributed by atoms with Crippen LogP contribution in [-0.4, -0.2) is 66.4 Å². The van der Waals surface area contributed by atoms with Crippen LogP contribution in [0.15, 0.2) is 36.4 Å². The molecule has 2 aromatic carbocycles. The maximum Gasteiger partial charge on any atom is 0.291 e. The quantitative estimate of drug-likeness (QED) is 0.192. The van der Waals surface area contributed by atoms with Crippen LogP contribution in [-0.2, 0) is 40.0 Å². The summed E-state index contributed by atoms with van der Waals surface area (Å²) in [6, 6.07) is 13.2. The first-order valence-electron chi connectivity index (χ1n) is 18.6. The second-order valence-electron chi connectivity index (χ2n) is 14.8. The molecule has 0 atom stereocenters. The smallest absolute Gasteiger partial charge is 0.291 e. The summed E-state index contributed by atoms with van der Waals surface area (Å²) in [5, 5.41) is 16.5. The third-order valence-electron chi connectivity index (χ3n) is 11.3. The van der Waals surface area contributed by atoms with Crippen molar-refractivity contribution in [2.75, 3.05) is 30.3 Å². The van der Waals surface area contributed by atoms with Crippen molar-refractivity contribution in [3.8, 4) is 17.2 Å². The molecule has 2 N–H and O–H groups in total. The van der Waals surface area contributed by atoms with Crippen LogP contribution in [0.4, 0.5) is 11.4 Å². The van der Waals surface area contributed by atoms with Gasteiger partial charge in [-0.15, -0.1) is 0 Å². The van der Waals surface area contributed by atoms with Crippen LogP contribution in [0.25, 0.3) is 11.1 Å². The van der Waals surface area contributed by atoms with Crippen LogP contribution < -0.4 is 10.6 Å². The van der Waals surface area contributed by atoms with Crippen LogP contribution in [0.2, 0.25) is 5.02 Å². The predicted octanol–water partition coefficient (Wildman–Crippen LogP) is 6.95. The van der Waals surface area contributed by atoms with Gasteiger partial charge in [-0.2, -0.15) is 5.26 Å². The first kappa shape index (κ1) is 35.9. The second-order valence-corrected chi connectivity index (χ2v) is 15.2. The highest BCUT2D eigenvalue weighted by Gasteiger charge is 2.29. The highest BCUT2D eigenvalue weighted by atomic mass is 35.5. The van der Waals surface area contributed by atoms with E-state index in [9.17, 15) is 14.9 Å². The van der Waals surface area contributed by atoms with Gasteiger partial charge < -0.3 is 19.8 Å². The number of rotatable bonds is 9. The molecule has 11 nitrogen and oxygen atoms in total. The molecule has 2 amide bonds. The molecule has 12 heteroatoms. The molecule has 3 aliphatic rings. The van der Waals surface area contributed by atoms with Crippen molar-refractivity contribution < 1.29 is 9.59 Å². The maximum atomic E-state index is 13.7. The van der Waals surface area contributed by atoms with Gasteiger partial charge in [-0.3, -0.25) is 19.4 Å². The van der Waals surface area contributed by atoms with Crippen molar-refractivity contribution in [3.63, 3.8) is 0 Å². The Morgan fingerprint density at radius 2 is 1.46 bits per heavy atom. The molecular formula is C40H48ClN9O2. The standard InChI is InChI=1S/C40H48ClN9O2/c1-25(2)50-21-18-35-33(24-50)44-37(48(35)4)39(51)45-30-14-8-12-27(29(30)22-42)28-13-9-15-31(36(28)41)46-40(52)38-43-32-23-49(20-17-34(32)47(38)3)19-16-26-10-6-5-7-11-26/h8-9,12-15,25-26H,5-7,10-11,16-21,23-24H2,1-4H3,(H,45,51)(H,46,52). The molecule has 272 valence electrons. The molecule has 2 aromatic heterocycles. The first-order valence-corrected chi connectivity index (χ1v) is 19.0. The summed E-state index contributed by atoms with van der Waals surface area (Å²) < 4.78 is 3.76. The number of nitriles is 1. The third-order valence-corrected chi connectivity index (χ3v) is 11.7. The molecule has 7 rings (SSSR count). The van der Waals surface area contributed by atoms with Gasteiger partial charge in [-0.05, 0) is 44.9 Å². The van der Waals surface area contributed by atoms with Gasteiger partial charge in [0.1, 0.15) is 6.07 Å². The number of carbonyl (C=O) groups excluding carboxylic acids is 2. The topological polar surface area (TPSA) is 124 Å². The van der Waals surface area contributed by atoms with Crippen LogP contribution in [0.5, 0.6) is 0 Å². The molecule has 0 unspecified atom stereocenters. The fourth-order valence-electron chi connectivity index (χ4n) is 8.20. The zero-order valence-electron chi connectivity index (χ0n) is 30.6. The second kappa shape index (κ2) is 15.2. The predicted molar refractivity (Wildman–Crippen MR) is 203 cm³/mol. The summed E-state index contributed by atoms with van der Waals surface area (Å²) >= 11 is 6.97. The van der Waals surface area contributed by atoms with Gasteiger partial charge in [0.15, 0.2) is 11.6 Å². The van der Waals surface area contributed by atoms with E-state index in [4.69, 9.17) is 21.6 Å². The van der Waals surface area contributed by atoms with Crippen molar-refractivity contribution in [3.05, 3.63) is 81.4 Å². The Morgan fingerprint density at radius 3 is 2.12 bits per heavy atom. The Bertz CT molecular complexity index is 2030. The summed E-state index contributed by atoms with van der Waals surface area (Å²) in [7, 11) is 3.76. The van der Waals surface area contributed by atoms with Crippen LogP contribution in [0, 0.1) is 17.2 Å². The first-order chi connectivity index (χ1) is 25.1. The minimum absolute atomic E-state index is 0.260. The lowest BCUT2D eigenvalue weighted by Gasteiger charge is -2.29. The third kappa shape index (κ3) is 7.12. The van der Waals surface area contributed by atoms with Gasteiger partial charge in [0.2, 0.25) is 0 Å². The summed E-state index contributed by atoms with van der Waals surface area (Å²) in [5.41, 5.74) is 6.14. The number of imidazole rings is 2.